The van der Waals surface area contributed by atoms with Crippen LogP contribution < -0.4 is 27.4 Å². The van der Waals surface area contributed by atoms with Crippen molar-refractivity contribution in [1.29, 1.82) is 0 Å². The van der Waals surface area contributed by atoms with Gasteiger partial charge < -0.3 is 27.4 Å². The molecule has 3 rings (SSSR count). The van der Waals surface area contributed by atoms with Gasteiger partial charge in [0, 0.05) is 20.0 Å². The average molecular weight is 508 g/mol. The molecule has 0 fully saturated rings. The van der Waals surface area contributed by atoms with Crippen molar-refractivity contribution < 1.29 is 14.4 Å². The number of carbonyl (C=O) groups is 3. The Labute approximate surface area is 213 Å². The normalized spacial score (nSPS) is 10.4. The summed E-state index contributed by atoms with van der Waals surface area (Å²) < 4.78 is 0. The van der Waals surface area contributed by atoms with Crippen LogP contribution in [0.2, 0.25) is 0 Å². The van der Waals surface area contributed by atoms with E-state index in [1.807, 2.05) is 42.5 Å². The molecule has 0 saturated carbocycles. The molecule has 0 unspecified atom stereocenters. The van der Waals surface area contributed by atoms with E-state index in [0.29, 0.717) is 40.8 Å². The fraction of sp³-hybridized carbons (Fsp3) is 0.240. The van der Waals surface area contributed by atoms with Gasteiger partial charge in [0.2, 0.25) is 11.8 Å². The van der Waals surface area contributed by atoms with Crippen molar-refractivity contribution in [3.63, 3.8) is 0 Å². The second-order valence-corrected chi connectivity index (χ2v) is 8.95. The van der Waals surface area contributed by atoms with Crippen molar-refractivity contribution in [2.24, 2.45) is 16.5 Å². The molecule has 11 heteroatoms. The Balaban J connectivity index is 1.56. The van der Waals surface area contributed by atoms with E-state index in [9.17, 15) is 14.4 Å². The fourth-order valence-electron chi connectivity index (χ4n) is 3.35. The maximum atomic E-state index is 12.9. The first-order valence-electron chi connectivity index (χ1n) is 11.3. The topological polar surface area (TPSA) is 165 Å². The number of nitrogens with one attached hydrogen (secondary N) is 3. The minimum atomic E-state index is -0.306. The summed E-state index contributed by atoms with van der Waals surface area (Å²) in [4.78, 5) is 45.3. The van der Waals surface area contributed by atoms with Crippen molar-refractivity contribution in [1.82, 2.24) is 15.6 Å². The minimum Gasteiger partial charge on any atom is -0.370 e. The Hall–Kier alpha value is -4.25. The van der Waals surface area contributed by atoms with Crippen LogP contribution in [0.5, 0.6) is 0 Å². The minimum absolute atomic E-state index is 0.0119. The van der Waals surface area contributed by atoms with Crippen LogP contribution in [-0.2, 0) is 28.9 Å². The molecule has 1 heterocycles. The zero-order valence-electron chi connectivity index (χ0n) is 19.9. The van der Waals surface area contributed by atoms with E-state index in [2.05, 4.69) is 25.9 Å². The standard InChI is InChI=1S/C25H29N7O3S/c1-16(33)30-25-32-20(12-9-17-7-10-19(11-8-17)31-24(26)27)22(36-25)23(35)29-14-13-28-21(34)15-18-5-3-2-4-6-18/h2-8,10-11H,9,12-15H2,1H3,(H,28,34)(H,29,35)(H4,26,27,31)(H,30,32,33). The third-order valence-corrected chi connectivity index (χ3v) is 5.98. The molecule has 0 aliphatic carbocycles. The zero-order valence-corrected chi connectivity index (χ0v) is 20.7. The van der Waals surface area contributed by atoms with Crippen molar-refractivity contribution >= 4 is 45.8 Å². The molecule has 1 aromatic heterocycles. The Kier molecular flexibility index (Phi) is 9.52. The van der Waals surface area contributed by atoms with Crippen LogP contribution in [0.4, 0.5) is 10.8 Å². The molecule has 3 aromatic rings. The number of carbonyl (C=O) groups excluding carboxylic acids is 3. The second-order valence-electron chi connectivity index (χ2n) is 7.95. The van der Waals surface area contributed by atoms with E-state index in [1.54, 1.807) is 12.1 Å². The van der Waals surface area contributed by atoms with Crippen molar-refractivity contribution in [2.45, 2.75) is 26.2 Å². The van der Waals surface area contributed by atoms with Crippen LogP contribution in [0.3, 0.4) is 0 Å². The highest BCUT2D eigenvalue weighted by molar-refractivity contribution is 7.17. The van der Waals surface area contributed by atoms with Crippen LogP contribution in [0, 0.1) is 0 Å². The number of hydrogen-bond acceptors (Lipinski definition) is 6. The maximum Gasteiger partial charge on any atom is 0.263 e. The molecular formula is C25H29N7O3S. The lowest BCUT2D eigenvalue weighted by molar-refractivity contribution is -0.120. The number of hydrogen-bond donors (Lipinski definition) is 5. The highest BCUT2D eigenvalue weighted by Gasteiger charge is 2.18. The molecule has 0 radical (unpaired) electrons. The smallest absolute Gasteiger partial charge is 0.263 e. The van der Waals surface area contributed by atoms with Gasteiger partial charge in [0.1, 0.15) is 4.88 Å². The molecular weight excluding hydrogens is 478 g/mol. The number of guanidine groups is 1. The molecule has 0 aliphatic heterocycles. The Morgan fingerprint density at radius 2 is 1.61 bits per heavy atom. The molecule has 36 heavy (non-hydrogen) atoms. The SMILES string of the molecule is CC(=O)Nc1nc(CCc2ccc(N=C(N)N)cc2)c(C(=O)NCCNC(=O)Cc2ccccc2)s1. The highest BCUT2D eigenvalue weighted by Crippen LogP contribution is 2.25. The summed E-state index contributed by atoms with van der Waals surface area (Å²) in [6, 6.07) is 16.8. The lowest BCUT2D eigenvalue weighted by atomic mass is 10.1. The van der Waals surface area contributed by atoms with Gasteiger partial charge in [-0.05, 0) is 36.1 Å². The summed E-state index contributed by atoms with van der Waals surface area (Å²) >= 11 is 1.12. The monoisotopic (exact) mass is 507 g/mol. The Bertz CT molecular complexity index is 1220. The summed E-state index contributed by atoms with van der Waals surface area (Å²) in [5, 5.41) is 8.62. The predicted molar refractivity (Wildman–Crippen MR) is 141 cm³/mol. The number of benzene rings is 2. The third kappa shape index (κ3) is 8.51. The zero-order chi connectivity index (χ0) is 25.9. The van der Waals surface area contributed by atoms with Gasteiger partial charge in [-0.2, -0.15) is 0 Å². The number of anilines is 1. The largest absolute Gasteiger partial charge is 0.370 e. The summed E-state index contributed by atoms with van der Waals surface area (Å²) in [5.41, 5.74) is 14.0. The molecule has 3 amide bonds. The van der Waals surface area contributed by atoms with Gasteiger partial charge in [-0.25, -0.2) is 9.98 Å². The van der Waals surface area contributed by atoms with Crippen molar-refractivity contribution in [2.75, 3.05) is 18.4 Å². The van der Waals surface area contributed by atoms with Gasteiger partial charge in [-0.3, -0.25) is 14.4 Å². The van der Waals surface area contributed by atoms with Gasteiger partial charge in [-0.15, -0.1) is 0 Å². The van der Waals surface area contributed by atoms with Gasteiger partial charge >= 0.3 is 0 Å². The second kappa shape index (κ2) is 13.0. The molecule has 10 nitrogen and oxygen atoms in total. The number of aliphatic imine (C=N–C) groups is 1. The average Bonchev–Trinajstić information content (AvgIpc) is 3.23. The summed E-state index contributed by atoms with van der Waals surface area (Å²) in [6.07, 6.45) is 1.40. The molecule has 7 N–H and O–H groups in total. The number of nitrogens with two attached hydrogens (primary N) is 2. The van der Waals surface area contributed by atoms with Gasteiger partial charge in [0.15, 0.2) is 11.1 Å². The lowest BCUT2D eigenvalue weighted by Crippen LogP contribution is -2.35. The number of nitrogens with zero attached hydrogens (tertiary/aromatic N) is 2. The van der Waals surface area contributed by atoms with Crippen LogP contribution in [0.1, 0.15) is 33.4 Å². The Morgan fingerprint density at radius 1 is 0.917 bits per heavy atom. The van der Waals surface area contributed by atoms with Crippen LogP contribution in [0.25, 0.3) is 0 Å². The number of aromatic nitrogens is 1. The van der Waals surface area contributed by atoms with Crippen LogP contribution >= 0.6 is 11.3 Å². The lowest BCUT2D eigenvalue weighted by Gasteiger charge is -2.08. The molecule has 0 saturated heterocycles. The van der Waals surface area contributed by atoms with Crippen LogP contribution in [-0.4, -0.2) is 41.8 Å². The van der Waals surface area contributed by atoms with E-state index < -0.39 is 0 Å². The van der Waals surface area contributed by atoms with E-state index in [-0.39, 0.29) is 36.6 Å². The van der Waals surface area contributed by atoms with E-state index in [1.165, 1.54) is 6.92 Å². The summed E-state index contributed by atoms with van der Waals surface area (Å²) in [7, 11) is 0. The first kappa shape index (κ1) is 26.4. The number of amides is 3. The van der Waals surface area contributed by atoms with Gasteiger partial charge in [-0.1, -0.05) is 53.8 Å². The van der Waals surface area contributed by atoms with Crippen molar-refractivity contribution in [3.8, 4) is 0 Å². The number of aryl methyl sites for hydroxylation is 2. The van der Waals surface area contributed by atoms with E-state index in [0.717, 1.165) is 22.5 Å². The molecule has 0 atom stereocenters. The molecule has 0 spiro atoms. The number of thiazole rings is 1. The number of rotatable bonds is 11. The molecule has 2 aromatic carbocycles. The maximum absolute atomic E-state index is 12.9. The quantitative estimate of drug-likeness (QED) is 0.151. The van der Waals surface area contributed by atoms with Gasteiger partial charge in [0.05, 0.1) is 17.8 Å². The fourth-order valence-corrected chi connectivity index (χ4v) is 4.33. The van der Waals surface area contributed by atoms with Crippen LogP contribution in [0.15, 0.2) is 59.6 Å². The van der Waals surface area contributed by atoms with E-state index >= 15 is 0 Å². The molecule has 0 aliphatic rings. The van der Waals surface area contributed by atoms with Gasteiger partial charge in [0.25, 0.3) is 5.91 Å². The predicted octanol–water partition coefficient (Wildman–Crippen LogP) is 1.88. The summed E-state index contributed by atoms with van der Waals surface area (Å²) in [6.45, 7) is 1.95. The molecule has 188 valence electrons. The first-order valence-corrected chi connectivity index (χ1v) is 12.2. The third-order valence-electron chi connectivity index (χ3n) is 4.97. The highest BCUT2D eigenvalue weighted by atomic mass is 32.1. The van der Waals surface area contributed by atoms with Crippen molar-refractivity contribution in [3.05, 3.63) is 76.3 Å². The first-order chi connectivity index (χ1) is 17.3. The molecule has 0 bridgehead atoms. The van der Waals surface area contributed by atoms with E-state index in [4.69, 9.17) is 11.5 Å². The summed E-state index contributed by atoms with van der Waals surface area (Å²) in [5.74, 6) is -0.701. The Morgan fingerprint density at radius 3 is 2.28 bits per heavy atom.